The van der Waals surface area contributed by atoms with Crippen LogP contribution in [0.5, 0.6) is 0 Å². The highest BCUT2D eigenvalue weighted by Crippen LogP contribution is 1.97. The van der Waals surface area contributed by atoms with E-state index in [9.17, 15) is 4.21 Å². The summed E-state index contributed by atoms with van der Waals surface area (Å²) in [5.74, 6) is 1.35. The molecule has 4 heteroatoms. The lowest BCUT2D eigenvalue weighted by Crippen LogP contribution is -2.32. The fourth-order valence-corrected chi connectivity index (χ4v) is 2.36. The van der Waals surface area contributed by atoms with E-state index >= 15 is 0 Å². The summed E-state index contributed by atoms with van der Waals surface area (Å²) >= 11 is 0. The van der Waals surface area contributed by atoms with Crippen molar-refractivity contribution >= 4 is 10.8 Å². The van der Waals surface area contributed by atoms with Gasteiger partial charge in [0.1, 0.15) is 0 Å². The molecule has 0 radical (unpaired) electrons. The van der Waals surface area contributed by atoms with Crippen molar-refractivity contribution in [3.8, 4) is 0 Å². The van der Waals surface area contributed by atoms with E-state index in [0.29, 0.717) is 12.4 Å². The summed E-state index contributed by atoms with van der Waals surface area (Å²) in [4.78, 5) is 0. The van der Waals surface area contributed by atoms with Crippen molar-refractivity contribution in [2.75, 3.05) is 25.2 Å². The fraction of sp³-hybridized carbons (Fsp3) is 1.00. The van der Waals surface area contributed by atoms with E-state index in [0.717, 1.165) is 18.6 Å². The Morgan fingerprint density at radius 3 is 2.69 bits per heavy atom. The van der Waals surface area contributed by atoms with Crippen LogP contribution in [0.3, 0.4) is 0 Å². The molecule has 0 saturated heterocycles. The Labute approximate surface area is 83.5 Å². The number of hydrogen-bond donors (Lipinski definition) is 1. The molecule has 0 aliphatic rings. The summed E-state index contributed by atoms with van der Waals surface area (Å²) < 4.78 is 16.2. The van der Waals surface area contributed by atoms with Crippen molar-refractivity contribution in [3.63, 3.8) is 0 Å². The molecule has 2 atom stereocenters. The molecule has 13 heavy (non-hydrogen) atoms. The Balaban J connectivity index is 3.38. The lowest BCUT2D eigenvalue weighted by molar-refractivity contribution is 0.186. The van der Waals surface area contributed by atoms with E-state index < -0.39 is 10.8 Å². The van der Waals surface area contributed by atoms with Gasteiger partial charge in [0.2, 0.25) is 0 Å². The first kappa shape index (κ1) is 13.1. The minimum atomic E-state index is -0.758. The molecule has 0 aromatic rings. The maximum absolute atomic E-state index is 11.4. The van der Waals surface area contributed by atoms with E-state index in [4.69, 9.17) is 10.5 Å². The zero-order valence-electron chi connectivity index (χ0n) is 8.62. The van der Waals surface area contributed by atoms with Crippen LogP contribution < -0.4 is 5.73 Å². The van der Waals surface area contributed by atoms with Crippen molar-refractivity contribution in [2.24, 2.45) is 5.73 Å². The number of ether oxygens (including phenoxy) is 1. The third-order valence-corrected chi connectivity index (χ3v) is 3.30. The average molecular weight is 207 g/mol. The van der Waals surface area contributed by atoms with Gasteiger partial charge in [0.15, 0.2) is 0 Å². The van der Waals surface area contributed by atoms with Crippen molar-refractivity contribution in [2.45, 2.75) is 32.2 Å². The van der Waals surface area contributed by atoms with Crippen LogP contribution in [-0.4, -0.2) is 35.5 Å². The Hall–Kier alpha value is 0.0700. The molecule has 3 nitrogen and oxygen atoms in total. The lowest BCUT2D eigenvalue weighted by atomic mass is 10.3. The highest BCUT2D eigenvalue weighted by atomic mass is 32.2. The van der Waals surface area contributed by atoms with E-state index in [1.54, 1.807) is 7.11 Å². The molecule has 0 aliphatic heterocycles. The third-order valence-electron chi connectivity index (χ3n) is 1.76. The molecular formula is C9H21NO2S. The van der Waals surface area contributed by atoms with Gasteiger partial charge in [-0.1, -0.05) is 19.8 Å². The summed E-state index contributed by atoms with van der Waals surface area (Å²) in [6.45, 7) is 2.64. The van der Waals surface area contributed by atoms with E-state index in [1.807, 2.05) is 0 Å². The Kier molecular flexibility index (Phi) is 8.71. The maximum Gasteiger partial charge on any atom is 0.0622 e. The number of unbranched alkanes of at least 4 members (excludes halogenated alkanes) is 2. The summed E-state index contributed by atoms with van der Waals surface area (Å²) in [7, 11) is 0.853. The van der Waals surface area contributed by atoms with Crippen molar-refractivity contribution in [3.05, 3.63) is 0 Å². The molecule has 0 bridgehead atoms. The monoisotopic (exact) mass is 207 g/mol. The van der Waals surface area contributed by atoms with E-state index in [1.165, 1.54) is 6.42 Å². The number of nitrogens with two attached hydrogens (primary N) is 1. The highest BCUT2D eigenvalue weighted by Gasteiger charge is 2.06. The average Bonchev–Trinajstić information content (AvgIpc) is 2.05. The zero-order valence-corrected chi connectivity index (χ0v) is 9.44. The summed E-state index contributed by atoms with van der Waals surface area (Å²) in [6, 6.07) is -0.0764. The molecule has 0 amide bonds. The summed E-state index contributed by atoms with van der Waals surface area (Å²) in [6.07, 6.45) is 3.37. The first-order valence-electron chi connectivity index (χ1n) is 4.80. The minimum absolute atomic E-state index is 0.0764. The van der Waals surface area contributed by atoms with Crippen molar-refractivity contribution in [1.82, 2.24) is 0 Å². The molecule has 80 valence electrons. The van der Waals surface area contributed by atoms with Crippen LogP contribution in [0, 0.1) is 0 Å². The lowest BCUT2D eigenvalue weighted by Gasteiger charge is -2.09. The predicted octanol–water partition coefficient (Wildman–Crippen LogP) is 0.899. The molecule has 0 aliphatic carbocycles. The summed E-state index contributed by atoms with van der Waals surface area (Å²) in [5.41, 5.74) is 5.67. The van der Waals surface area contributed by atoms with Gasteiger partial charge in [-0.3, -0.25) is 4.21 Å². The van der Waals surface area contributed by atoms with Crippen LogP contribution in [0.1, 0.15) is 26.2 Å². The van der Waals surface area contributed by atoms with Crippen molar-refractivity contribution < 1.29 is 8.95 Å². The van der Waals surface area contributed by atoms with Gasteiger partial charge in [-0.15, -0.1) is 0 Å². The molecule has 0 fully saturated rings. The van der Waals surface area contributed by atoms with Gasteiger partial charge in [0.25, 0.3) is 0 Å². The largest absolute Gasteiger partial charge is 0.383 e. The molecule has 0 spiro atoms. The number of hydrogen-bond acceptors (Lipinski definition) is 3. The van der Waals surface area contributed by atoms with Gasteiger partial charge >= 0.3 is 0 Å². The Morgan fingerprint density at radius 1 is 1.46 bits per heavy atom. The van der Waals surface area contributed by atoms with Gasteiger partial charge in [0.05, 0.1) is 6.61 Å². The topological polar surface area (TPSA) is 52.3 Å². The normalized spacial score (nSPS) is 15.6. The van der Waals surface area contributed by atoms with Crippen molar-refractivity contribution in [1.29, 1.82) is 0 Å². The van der Waals surface area contributed by atoms with Gasteiger partial charge < -0.3 is 10.5 Å². The SMILES string of the molecule is CCCCCS(=O)CC(N)COC. The third kappa shape index (κ3) is 8.40. The van der Waals surface area contributed by atoms with Crippen LogP contribution in [0.4, 0.5) is 0 Å². The molecule has 2 unspecified atom stereocenters. The predicted molar refractivity (Wildman–Crippen MR) is 57.3 cm³/mol. The van der Waals surface area contributed by atoms with E-state index in [-0.39, 0.29) is 6.04 Å². The molecule has 0 aromatic carbocycles. The van der Waals surface area contributed by atoms with E-state index in [2.05, 4.69) is 6.92 Å². The van der Waals surface area contributed by atoms with Gasteiger partial charge in [-0.05, 0) is 6.42 Å². The smallest absolute Gasteiger partial charge is 0.0622 e. The maximum atomic E-state index is 11.4. The second-order valence-corrected chi connectivity index (χ2v) is 4.85. The molecule has 0 aromatic heterocycles. The molecule has 2 N–H and O–H groups in total. The second kappa shape index (κ2) is 8.66. The second-order valence-electron chi connectivity index (χ2n) is 3.23. The molecule has 0 saturated carbocycles. The van der Waals surface area contributed by atoms with Crippen LogP contribution in [0.15, 0.2) is 0 Å². The zero-order chi connectivity index (χ0) is 10.1. The van der Waals surface area contributed by atoms with Gasteiger partial charge in [0, 0.05) is 35.5 Å². The van der Waals surface area contributed by atoms with Gasteiger partial charge in [-0.2, -0.15) is 0 Å². The Bertz CT molecular complexity index is 142. The number of rotatable bonds is 8. The first-order valence-corrected chi connectivity index (χ1v) is 6.29. The number of methoxy groups -OCH3 is 1. The fourth-order valence-electron chi connectivity index (χ4n) is 1.10. The minimum Gasteiger partial charge on any atom is -0.383 e. The summed E-state index contributed by atoms with van der Waals surface area (Å²) in [5, 5.41) is 0. The van der Waals surface area contributed by atoms with Gasteiger partial charge in [-0.25, -0.2) is 0 Å². The molecule has 0 heterocycles. The highest BCUT2D eigenvalue weighted by molar-refractivity contribution is 7.85. The Morgan fingerprint density at radius 2 is 2.15 bits per heavy atom. The van der Waals surface area contributed by atoms with Crippen LogP contribution in [0.2, 0.25) is 0 Å². The first-order chi connectivity index (χ1) is 6.20. The van der Waals surface area contributed by atoms with Crippen LogP contribution >= 0.6 is 0 Å². The van der Waals surface area contributed by atoms with Crippen LogP contribution in [-0.2, 0) is 15.5 Å². The molecular weight excluding hydrogens is 186 g/mol. The van der Waals surface area contributed by atoms with Crippen LogP contribution in [0.25, 0.3) is 0 Å². The quantitative estimate of drug-likeness (QED) is 0.602. The standard InChI is InChI=1S/C9H21NO2S/c1-3-4-5-6-13(11)8-9(10)7-12-2/h9H,3-8,10H2,1-2H3. The molecule has 0 rings (SSSR count).